The fraction of sp³-hybridized carbons (Fsp3) is 0.458. The lowest BCUT2D eigenvalue weighted by Crippen LogP contribution is -2.58. The predicted octanol–water partition coefficient (Wildman–Crippen LogP) is 4.40. The van der Waals surface area contributed by atoms with Crippen LogP contribution in [0.4, 0.5) is 4.39 Å². The van der Waals surface area contributed by atoms with Gasteiger partial charge in [-0.15, -0.1) is 24.0 Å². The number of hydrogen-bond acceptors (Lipinski definition) is 3. The maximum atomic E-state index is 13.1. The van der Waals surface area contributed by atoms with Crippen LogP contribution in [0.5, 0.6) is 0 Å². The van der Waals surface area contributed by atoms with Gasteiger partial charge in [-0.05, 0) is 49.9 Å². The number of ether oxygens (including phenoxy) is 1. The van der Waals surface area contributed by atoms with E-state index in [9.17, 15) is 4.39 Å². The largest absolute Gasteiger partial charge is 0.381 e. The van der Waals surface area contributed by atoms with Crippen LogP contribution in [0.2, 0.25) is 0 Å². The second kappa shape index (κ2) is 13.0. The predicted molar refractivity (Wildman–Crippen MR) is 135 cm³/mol. The highest BCUT2D eigenvalue weighted by Crippen LogP contribution is 2.25. The summed E-state index contributed by atoms with van der Waals surface area (Å²) in [6, 6.07) is 17.2. The molecule has 3 N–H and O–H groups in total. The van der Waals surface area contributed by atoms with Gasteiger partial charge in [0.1, 0.15) is 5.82 Å². The Balaban J connectivity index is 0.00000341. The molecule has 2 aromatic carbocycles. The first-order chi connectivity index (χ1) is 14.6. The van der Waals surface area contributed by atoms with E-state index >= 15 is 0 Å². The fourth-order valence-corrected chi connectivity index (χ4v) is 3.77. The maximum Gasteiger partial charge on any atom is 0.191 e. The zero-order chi connectivity index (χ0) is 21.2. The van der Waals surface area contributed by atoms with Crippen LogP contribution < -0.4 is 16.0 Å². The first-order valence-corrected chi connectivity index (χ1v) is 10.8. The van der Waals surface area contributed by atoms with Gasteiger partial charge in [0.2, 0.25) is 0 Å². The van der Waals surface area contributed by atoms with Crippen molar-refractivity contribution in [3.8, 4) is 0 Å². The molecule has 0 radical (unpaired) electrons. The maximum absolute atomic E-state index is 13.1. The van der Waals surface area contributed by atoms with Crippen LogP contribution in [0.3, 0.4) is 0 Å². The van der Waals surface area contributed by atoms with Gasteiger partial charge in [-0.3, -0.25) is 0 Å². The third-order valence-electron chi connectivity index (χ3n) is 5.54. The molecule has 0 aromatic heterocycles. The van der Waals surface area contributed by atoms with Crippen LogP contribution >= 0.6 is 24.0 Å². The minimum atomic E-state index is -0.229. The summed E-state index contributed by atoms with van der Waals surface area (Å²) in [7, 11) is 0. The highest BCUT2D eigenvalue weighted by molar-refractivity contribution is 14.0. The quantitative estimate of drug-likeness (QED) is 0.264. The van der Waals surface area contributed by atoms with Gasteiger partial charge < -0.3 is 20.7 Å². The summed E-state index contributed by atoms with van der Waals surface area (Å²) in [5, 5.41) is 10.7. The molecular weight excluding hydrogens is 506 g/mol. The van der Waals surface area contributed by atoms with Crippen LogP contribution in [-0.2, 0) is 11.3 Å². The minimum Gasteiger partial charge on any atom is -0.381 e. The summed E-state index contributed by atoms with van der Waals surface area (Å²) in [6.45, 7) is 7.79. The second-order valence-corrected chi connectivity index (χ2v) is 7.84. The Kier molecular flexibility index (Phi) is 10.7. The van der Waals surface area contributed by atoms with E-state index in [1.165, 1.54) is 17.7 Å². The number of nitrogens with zero attached hydrogens (tertiary/aromatic N) is 1. The van der Waals surface area contributed by atoms with Crippen molar-refractivity contribution in [1.29, 1.82) is 0 Å². The molecule has 0 saturated carbocycles. The summed E-state index contributed by atoms with van der Waals surface area (Å²) >= 11 is 0. The lowest BCUT2D eigenvalue weighted by Gasteiger charge is -2.41. The Labute approximate surface area is 202 Å². The molecule has 3 rings (SSSR count). The molecule has 1 aliphatic heterocycles. The minimum absolute atomic E-state index is 0. The van der Waals surface area contributed by atoms with Crippen LogP contribution in [0, 0.1) is 5.82 Å². The topological polar surface area (TPSA) is 57.7 Å². The van der Waals surface area contributed by atoms with Crippen LogP contribution in [-0.4, -0.2) is 37.8 Å². The van der Waals surface area contributed by atoms with Crippen molar-refractivity contribution in [2.45, 2.75) is 44.8 Å². The average molecular weight is 540 g/mol. The Morgan fingerprint density at radius 2 is 1.74 bits per heavy atom. The summed E-state index contributed by atoms with van der Waals surface area (Å²) in [4.78, 5) is 4.68. The SMILES string of the molecule is CCNC(=NCc1ccc(F)cc1)NCC1(NC(C)c2ccccc2)CCOCC1.I. The summed E-state index contributed by atoms with van der Waals surface area (Å²) in [5.74, 6) is 0.537. The van der Waals surface area contributed by atoms with E-state index in [1.807, 2.05) is 6.07 Å². The molecule has 7 heteroatoms. The number of nitrogens with one attached hydrogen (secondary N) is 3. The number of guanidine groups is 1. The van der Waals surface area contributed by atoms with E-state index in [0.717, 1.165) is 50.7 Å². The molecule has 0 spiro atoms. The van der Waals surface area contributed by atoms with E-state index in [0.29, 0.717) is 6.54 Å². The molecule has 2 aromatic rings. The molecule has 1 fully saturated rings. The molecule has 0 aliphatic carbocycles. The number of halogens is 2. The van der Waals surface area contributed by atoms with Crippen molar-refractivity contribution in [2.24, 2.45) is 4.99 Å². The Morgan fingerprint density at radius 3 is 2.39 bits per heavy atom. The zero-order valence-corrected chi connectivity index (χ0v) is 20.7. The molecule has 1 saturated heterocycles. The molecule has 1 unspecified atom stereocenters. The first-order valence-electron chi connectivity index (χ1n) is 10.8. The standard InChI is InChI=1S/C24H33FN4O.HI/c1-3-26-23(27-17-20-9-11-22(25)12-10-20)28-18-24(13-15-30-16-14-24)29-19(2)21-7-5-4-6-8-21;/h4-12,19,29H,3,13-18H2,1-2H3,(H2,26,27,28);1H. The van der Waals surface area contributed by atoms with E-state index in [-0.39, 0.29) is 41.4 Å². The average Bonchev–Trinajstić information content (AvgIpc) is 2.78. The van der Waals surface area contributed by atoms with Crippen LogP contribution in [0.15, 0.2) is 59.6 Å². The highest BCUT2D eigenvalue weighted by Gasteiger charge is 2.34. The molecule has 170 valence electrons. The molecule has 1 atom stereocenters. The Hall–Kier alpha value is -1.71. The van der Waals surface area contributed by atoms with Crippen molar-refractivity contribution in [3.63, 3.8) is 0 Å². The normalized spacial score (nSPS) is 16.8. The molecular formula is C24H34FIN4O. The number of hydrogen-bond donors (Lipinski definition) is 3. The molecule has 0 bridgehead atoms. The highest BCUT2D eigenvalue weighted by atomic mass is 127. The Bertz CT molecular complexity index is 795. The lowest BCUT2D eigenvalue weighted by molar-refractivity contribution is 0.0355. The monoisotopic (exact) mass is 540 g/mol. The molecule has 0 amide bonds. The van der Waals surface area contributed by atoms with Crippen molar-refractivity contribution in [3.05, 3.63) is 71.5 Å². The van der Waals surface area contributed by atoms with Crippen molar-refractivity contribution in [2.75, 3.05) is 26.3 Å². The van der Waals surface area contributed by atoms with Crippen LogP contribution in [0.1, 0.15) is 43.9 Å². The van der Waals surface area contributed by atoms with E-state index in [2.05, 4.69) is 59.1 Å². The number of aliphatic imine (C=N–C) groups is 1. The van der Waals surface area contributed by atoms with Gasteiger partial charge >= 0.3 is 0 Å². The van der Waals surface area contributed by atoms with E-state index in [4.69, 9.17) is 4.74 Å². The summed E-state index contributed by atoms with van der Waals surface area (Å²) in [6.07, 6.45) is 1.88. The van der Waals surface area contributed by atoms with Crippen LogP contribution in [0.25, 0.3) is 0 Å². The van der Waals surface area contributed by atoms with E-state index < -0.39 is 0 Å². The van der Waals surface area contributed by atoms with Gasteiger partial charge in [-0.2, -0.15) is 0 Å². The number of benzene rings is 2. The fourth-order valence-electron chi connectivity index (χ4n) is 3.77. The van der Waals surface area contributed by atoms with Gasteiger partial charge in [-0.25, -0.2) is 9.38 Å². The zero-order valence-electron chi connectivity index (χ0n) is 18.4. The van der Waals surface area contributed by atoms with E-state index in [1.54, 1.807) is 12.1 Å². The van der Waals surface area contributed by atoms with Gasteiger partial charge in [0, 0.05) is 37.9 Å². The van der Waals surface area contributed by atoms with Crippen molar-refractivity contribution < 1.29 is 9.13 Å². The molecule has 1 aliphatic rings. The van der Waals surface area contributed by atoms with Gasteiger partial charge in [0.25, 0.3) is 0 Å². The third kappa shape index (κ3) is 8.05. The van der Waals surface area contributed by atoms with Crippen molar-refractivity contribution >= 4 is 29.9 Å². The molecule has 1 heterocycles. The molecule has 31 heavy (non-hydrogen) atoms. The molecule has 5 nitrogen and oxygen atoms in total. The lowest BCUT2D eigenvalue weighted by atomic mass is 9.88. The number of rotatable bonds is 8. The van der Waals surface area contributed by atoms with Gasteiger partial charge in [-0.1, -0.05) is 42.5 Å². The van der Waals surface area contributed by atoms with Gasteiger partial charge in [0.15, 0.2) is 5.96 Å². The van der Waals surface area contributed by atoms with Crippen molar-refractivity contribution in [1.82, 2.24) is 16.0 Å². The second-order valence-electron chi connectivity index (χ2n) is 7.84. The summed E-state index contributed by atoms with van der Waals surface area (Å²) < 4.78 is 18.8. The first kappa shape index (κ1) is 25.5. The smallest absolute Gasteiger partial charge is 0.191 e. The summed E-state index contributed by atoms with van der Waals surface area (Å²) in [5.41, 5.74) is 2.19. The van der Waals surface area contributed by atoms with Gasteiger partial charge in [0.05, 0.1) is 6.54 Å². The Morgan fingerprint density at radius 1 is 1.06 bits per heavy atom. The third-order valence-corrected chi connectivity index (χ3v) is 5.54.